The standard InChI is InChI=1S/C18H18ClFN2O2/c1-13(23)22(17-7-5-15(19)6-8-17)10-9-21-18(24)12-14-3-2-4-16(20)11-14/h2-8,11H,9-10,12H2,1H3,(H,21,24). The van der Waals surface area contributed by atoms with Gasteiger partial charge in [0.1, 0.15) is 5.82 Å². The summed E-state index contributed by atoms with van der Waals surface area (Å²) in [5.74, 6) is -0.720. The number of amides is 2. The van der Waals surface area contributed by atoms with E-state index in [1.54, 1.807) is 41.3 Å². The first-order valence-corrected chi connectivity index (χ1v) is 7.88. The summed E-state index contributed by atoms with van der Waals surface area (Å²) in [6.45, 7) is 2.10. The minimum absolute atomic E-state index is 0.0960. The van der Waals surface area contributed by atoms with Gasteiger partial charge in [-0.3, -0.25) is 9.59 Å². The van der Waals surface area contributed by atoms with Gasteiger partial charge in [0.2, 0.25) is 11.8 Å². The molecule has 6 heteroatoms. The highest BCUT2D eigenvalue weighted by molar-refractivity contribution is 6.30. The Morgan fingerprint density at radius 1 is 1.17 bits per heavy atom. The normalized spacial score (nSPS) is 10.3. The van der Waals surface area contributed by atoms with Crippen molar-refractivity contribution in [3.8, 4) is 0 Å². The van der Waals surface area contributed by atoms with Crippen molar-refractivity contribution in [3.63, 3.8) is 0 Å². The molecule has 2 rings (SSSR count). The third-order valence-corrected chi connectivity index (χ3v) is 3.68. The number of halogens is 2. The van der Waals surface area contributed by atoms with Crippen LogP contribution in [0.2, 0.25) is 5.02 Å². The predicted octanol–water partition coefficient (Wildman–Crippen LogP) is 3.19. The Bertz CT molecular complexity index is 719. The highest BCUT2D eigenvalue weighted by Gasteiger charge is 2.12. The number of carbonyl (C=O) groups is 2. The maximum Gasteiger partial charge on any atom is 0.224 e. The molecule has 0 unspecified atom stereocenters. The molecule has 0 saturated heterocycles. The van der Waals surface area contributed by atoms with E-state index in [1.807, 2.05) is 0 Å². The van der Waals surface area contributed by atoms with E-state index < -0.39 is 0 Å². The average Bonchev–Trinajstić information content (AvgIpc) is 2.52. The molecular weight excluding hydrogens is 331 g/mol. The molecular formula is C18H18ClFN2O2. The Labute approximate surface area is 145 Å². The molecule has 0 fully saturated rings. The van der Waals surface area contributed by atoms with Crippen LogP contribution in [0.25, 0.3) is 0 Å². The van der Waals surface area contributed by atoms with Gasteiger partial charge in [-0.25, -0.2) is 4.39 Å². The van der Waals surface area contributed by atoms with Crippen LogP contribution in [0.15, 0.2) is 48.5 Å². The molecule has 0 aliphatic rings. The van der Waals surface area contributed by atoms with Crippen molar-refractivity contribution >= 4 is 29.1 Å². The second-order valence-corrected chi connectivity index (χ2v) is 5.74. The maximum absolute atomic E-state index is 13.1. The molecule has 24 heavy (non-hydrogen) atoms. The molecule has 4 nitrogen and oxygen atoms in total. The molecule has 0 atom stereocenters. The molecule has 126 valence electrons. The van der Waals surface area contributed by atoms with Crippen molar-refractivity contribution < 1.29 is 14.0 Å². The van der Waals surface area contributed by atoms with E-state index in [4.69, 9.17) is 11.6 Å². The molecule has 2 amide bonds. The fourth-order valence-electron chi connectivity index (χ4n) is 2.29. The predicted molar refractivity (Wildman–Crippen MR) is 92.6 cm³/mol. The lowest BCUT2D eigenvalue weighted by atomic mass is 10.1. The molecule has 0 aromatic heterocycles. The fourth-order valence-corrected chi connectivity index (χ4v) is 2.42. The second-order valence-electron chi connectivity index (χ2n) is 5.30. The Morgan fingerprint density at radius 3 is 2.50 bits per heavy atom. The van der Waals surface area contributed by atoms with Crippen LogP contribution in [-0.4, -0.2) is 24.9 Å². The molecule has 1 N–H and O–H groups in total. The number of anilines is 1. The molecule has 0 aliphatic heterocycles. The van der Waals surface area contributed by atoms with Crippen LogP contribution < -0.4 is 10.2 Å². The van der Waals surface area contributed by atoms with E-state index in [-0.39, 0.29) is 24.1 Å². The summed E-state index contributed by atoms with van der Waals surface area (Å²) in [6.07, 6.45) is 0.0960. The van der Waals surface area contributed by atoms with Crippen molar-refractivity contribution in [2.75, 3.05) is 18.0 Å². The fraction of sp³-hybridized carbons (Fsp3) is 0.222. The van der Waals surface area contributed by atoms with Gasteiger partial charge in [0, 0.05) is 30.7 Å². The Balaban J connectivity index is 1.87. The van der Waals surface area contributed by atoms with E-state index >= 15 is 0 Å². The zero-order valence-electron chi connectivity index (χ0n) is 13.3. The molecule has 2 aromatic rings. The van der Waals surface area contributed by atoms with Crippen molar-refractivity contribution in [2.24, 2.45) is 0 Å². The third kappa shape index (κ3) is 5.35. The van der Waals surface area contributed by atoms with Crippen LogP contribution in [0.1, 0.15) is 12.5 Å². The zero-order valence-corrected chi connectivity index (χ0v) is 14.0. The summed E-state index contributed by atoms with van der Waals surface area (Å²) in [5.41, 5.74) is 1.32. The van der Waals surface area contributed by atoms with E-state index in [0.29, 0.717) is 29.4 Å². The Morgan fingerprint density at radius 2 is 1.88 bits per heavy atom. The second kappa shape index (κ2) is 8.45. The van der Waals surface area contributed by atoms with Gasteiger partial charge in [0.25, 0.3) is 0 Å². The van der Waals surface area contributed by atoms with E-state index in [9.17, 15) is 14.0 Å². The van der Waals surface area contributed by atoms with Crippen molar-refractivity contribution in [3.05, 3.63) is 64.9 Å². The average molecular weight is 349 g/mol. The molecule has 0 saturated carbocycles. The lowest BCUT2D eigenvalue weighted by molar-refractivity contribution is -0.121. The molecule has 0 radical (unpaired) electrons. The van der Waals surface area contributed by atoms with Gasteiger partial charge in [0.15, 0.2) is 0 Å². The first kappa shape index (κ1) is 17.9. The Hall–Kier alpha value is -2.40. The van der Waals surface area contributed by atoms with Crippen molar-refractivity contribution in [1.82, 2.24) is 5.32 Å². The van der Waals surface area contributed by atoms with Crippen LogP contribution in [-0.2, 0) is 16.0 Å². The number of rotatable bonds is 6. The topological polar surface area (TPSA) is 49.4 Å². The largest absolute Gasteiger partial charge is 0.354 e. The maximum atomic E-state index is 13.1. The van der Waals surface area contributed by atoms with Gasteiger partial charge in [-0.05, 0) is 42.0 Å². The monoisotopic (exact) mass is 348 g/mol. The lowest BCUT2D eigenvalue weighted by Gasteiger charge is -2.21. The quantitative estimate of drug-likeness (QED) is 0.871. The summed E-state index contributed by atoms with van der Waals surface area (Å²) < 4.78 is 13.1. The van der Waals surface area contributed by atoms with Gasteiger partial charge in [-0.15, -0.1) is 0 Å². The number of hydrogen-bond donors (Lipinski definition) is 1. The molecule has 0 aliphatic carbocycles. The van der Waals surface area contributed by atoms with Gasteiger partial charge >= 0.3 is 0 Å². The van der Waals surface area contributed by atoms with Crippen LogP contribution in [0.3, 0.4) is 0 Å². The summed E-state index contributed by atoms with van der Waals surface area (Å²) in [7, 11) is 0. The smallest absolute Gasteiger partial charge is 0.224 e. The molecule has 0 heterocycles. The van der Waals surface area contributed by atoms with Crippen molar-refractivity contribution in [2.45, 2.75) is 13.3 Å². The summed E-state index contributed by atoms with van der Waals surface area (Å²) in [6, 6.07) is 12.8. The first-order valence-electron chi connectivity index (χ1n) is 7.50. The van der Waals surface area contributed by atoms with E-state index in [1.165, 1.54) is 19.1 Å². The van der Waals surface area contributed by atoms with Crippen LogP contribution >= 0.6 is 11.6 Å². The highest BCUT2D eigenvalue weighted by Crippen LogP contribution is 2.17. The molecule has 2 aromatic carbocycles. The third-order valence-electron chi connectivity index (χ3n) is 3.43. The number of benzene rings is 2. The number of hydrogen-bond acceptors (Lipinski definition) is 2. The highest BCUT2D eigenvalue weighted by atomic mass is 35.5. The van der Waals surface area contributed by atoms with Gasteiger partial charge < -0.3 is 10.2 Å². The molecule has 0 bridgehead atoms. The summed E-state index contributed by atoms with van der Waals surface area (Å²) in [4.78, 5) is 25.2. The number of carbonyl (C=O) groups excluding carboxylic acids is 2. The minimum Gasteiger partial charge on any atom is -0.354 e. The summed E-state index contributed by atoms with van der Waals surface area (Å²) in [5, 5.41) is 3.32. The van der Waals surface area contributed by atoms with Crippen molar-refractivity contribution in [1.29, 1.82) is 0 Å². The number of nitrogens with one attached hydrogen (secondary N) is 1. The van der Waals surface area contributed by atoms with Gasteiger partial charge in [-0.1, -0.05) is 23.7 Å². The zero-order chi connectivity index (χ0) is 17.5. The van der Waals surface area contributed by atoms with Crippen LogP contribution in [0.5, 0.6) is 0 Å². The SMILES string of the molecule is CC(=O)N(CCNC(=O)Cc1cccc(F)c1)c1ccc(Cl)cc1. The number of nitrogens with zero attached hydrogens (tertiary/aromatic N) is 1. The lowest BCUT2D eigenvalue weighted by Crippen LogP contribution is -2.38. The van der Waals surface area contributed by atoms with E-state index in [0.717, 1.165) is 0 Å². The van der Waals surface area contributed by atoms with Gasteiger partial charge in [-0.2, -0.15) is 0 Å². The van der Waals surface area contributed by atoms with Crippen LogP contribution in [0.4, 0.5) is 10.1 Å². The molecule has 0 spiro atoms. The minimum atomic E-state index is -0.370. The first-order chi connectivity index (χ1) is 11.5. The van der Waals surface area contributed by atoms with E-state index in [2.05, 4.69) is 5.32 Å². The summed E-state index contributed by atoms with van der Waals surface area (Å²) >= 11 is 5.84. The Kier molecular flexibility index (Phi) is 6.32. The van der Waals surface area contributed by atoms with Crippen LogP contribution in [0, 0.1) is 5.82 Å². The van der Waals surface area contributed by atoms with Gasteiger partial charge in [0.05, 0.1) is 6.42 Å².